The van der Waals surface area contributed by atoms with E-state index in [1.807, 2.05) is 43.0 Å². The lowest BCUT2D eigenvalue weighted by molar-refractivity contribution is -0.136. The van der Waals surface area contributed by atoms with E-state index in [9.17, 15) is 14.0 Å². The van der Waals surface area contributed by atoms with E-state index < -0.39 is 6.04 Å². The lowest BCUT2D eigenvalue weighted by Crippen LogP contribution is -2.42. The molecule has 1 saturated heterocycles. The van der Waals surface area contributed by atoms with Crippen molar-refractivity contribution in [3.05, 3.63) is 88.6 Å². The van der Waals surface area contributed by atoms with Crippen molar-refractivity contribution < 1.29 is 27.9 Å². The molecule has 0 spiro atoms. The van der Waals surface area contributed by atoms with Gasteiger partial charge in [-0.3, -0.25) is 9.59 Å². The minimum atomic E-state index is -0.407. The third kappa shape index (κ3) is 5.75. The van der Waals surface area contributed by atoms with E-state index in [2.05, 4.69) is 5.32 Å². The second kappa shape index (κ2) is 11.4. The molecule has 1 aromatic heterocycles. The molecule has 2 aliphatic heterocycles. The second-order valence-corrected chi connectivity index (χ2v) is 10.2. The molecule has 0 saturated carbocycles. The first-order chi connectivity index (χ1) is 18.4. The number of hydrogen-bond donors (Lipinski definition) is 1. The highest BCUT2D eigenvalue weighted by Gasteiger charge is 2.33. The van der Waals surface area contributed by atoms with Crippen molar-refractivity contribution in [2.75, 3.05) is 19.7 Å². The van der Waals surface area contributed by atoms with Crippen LogP contribution in [-0.4, -0.2) is 42.5 Å². The topological polar surface area (TPSA) is 81.0 Å². The van der Waals surface area contributed by atoms with Gasteiger partial charge < -0.3 is 24.1 Å². The molecular weight excluding hydrogens is 487 g/mol. The summed E-state index contributed by atoms with van der Waals surface area (Å²) in [6, 6.07) is 15.2. The summed E-state index contributed by atoms with van der Waals surface area (Å²) in [5, 5.41) is 2.85. The van der Waals surface area contributed by atoms with Crippen LogP contribution in [0.4, 0.5) is 4.39 Å². The monoisotopic (exact) mass is 520 g/mol. The van der Waals surface area contributed by atoms with Crippen LogP contribution in [0.1, 0.15) is 65.7 Å². The Balaban J connectivity index is 1.31. The zero-order chi connectivity index (χ0) is 26.6. The molecule has 0 bridgehead atoms. The Morgan fingerprint density at radius 3 is 2.79 bits per heavy atom. The molecule has 5 rings (SSSR count). The summed E-state index contributed by atoms with van der Waals surface area (Å²) in [4.78, 5) is 27.4. The second-order valence-electron chi connectivity index (χ2n) is 10.2. The Labute approximate surface area is 221 Å². The van der Waals surface area contributed by atoms with Gasteiger partial charge in [0.1, 0.15) is 23.9 Å². The van der Waals surface area contributed by atoms with E-state index in [0.717, 1.165) is 36.1 Å². The number of fused-ring (bicyclic) bond motifs is 1. The standard InChI is InChI=1S/C30H33FN2O5/c1-19(2)30(35)33-13-12-20-8-9-23(16-26(20)28(33)21-5-3-6-22(31)15-21)37-18-25-10-11-27(38-25)29(34)32-17-24-7-4-14-36-24/h3,5-6,8-11,15-16,19,24,28H,4,7,12-14,17-18H2,1-2H3,(H,32,34). The van der Waals surface area contributed by atoms with Crippen molar-refractivity contribution in [1.82, 2.24) is 10.2 Å². The Morgan fingerprint density at radius 1 is 1.16 bits per heavy atom. The maximum absolute atomic E-state index is 14.2. The van der Waals surface area contributed by atoms with Gasteiger partial charge >= 0.3 is 0 Å². The molecule has 2 unspecified atom stereocenters. The number of benzene rings is 2. The van der Waals surface area contributed by atoms with E-state index in [4.69, 9.17) is 13.9 Å². The molecule has 7 nitrogen and oxygen atoms in total. The minimum Gasteiger partial charge on any atom is -0.486 e. The zero-order valence-electron chi connectivity index (χ0n) is 21.7. The van der Waals surface area contributed by atoms with Crippen molar-refractivity contribution in [3.63, 3.8) is 0 Å². The van der Waals surface area contributed by atoms with Gasteiger partial charge in [0.15, 0.2) is 5.76 Å². The zero-order valence-corrected chi connectivity index (χ0v) is 21.7. The van der Waals surface area contributed by atoms with Gasteiger partial charge in [-0.15, -0.1) is 0 Å². The number of hydrogen-bond acceptors (Lipinski definition) is 5. The largest absolute Gasteiger partial charge is 0.486 e. The Bertz CT molecular complexity index is 1300. The number of furan rings is 1. The van der Waals surface area contributed by atoms with Crippen LogP contribution in [-0.2, 0) is 22.6 Å². The van der Waals surface area contributed by atoms with E-state index >= 15 is 0 Å². The first kappa shape index (κ1) is 26.0. The summed E-state index contributed by atoms with van der Waals surface area (Å²) in [7, 11) is 0. The number of amides is 2. The van der Waals surface area contributed by atoms with Crippen molar-refractivity contribution in [1.29, 1.82) is 0 Å². The maximum atomic E-state index is 14.2. The molecular formula is C30H33FN2O5. The number of halogens is 1. The van der Waals surface area contributed by atoms with Crippen molar-refractivity contribution in [3.8, 4) is 5.75 Å². The van der Waals surface area contributed by atoms with Gasteiger partial charge in [-0.1, -0.05) is 32.0 Å². The minimum absolute atomic E-state index is 0.0251. The van der Waals surface area contributed by atoms with Gasteiger partial charge in [0.05, 0.1) is 12.1 Å². The third-order valence-electron chi connectivity index (χ3n) is 7.07. The highest BCUT2D eigenvalue weighted by Crippen LogP contribution is 2.38. The Hall–Kier alpha value is -3.65. The summed E-state index contributed by atoms with van der Waals surface area (Å²) < 4.78 is 31.4. The number of carbonyl (C=O) groups excluding carboxylic acids is 2. The average molecular weight is 521 g/mol. The van der Waals surface area contributed by atoms with Crippen molar-refractivity contribution >= 4 is 11.8 Å². The van der Waals surface area contributed by atoms with Crippen LogP contribution in [0.2, 0.25) is 0 Å². The van der Waals surface area contributed by atoms with Crippen molar-refractivity contribution in [2.45, 2.75) is 51.9 Å². The van der Waals surface area contributed by atoms with Crippen LogP contribution in [0, 0.1) is 11.7 Å². The molecule has 0 aliphatic carbocycles. The number of carbonyl (C=O) groups is 2. The maximum Gasteiger partial charge on any atom is 0.287 e. The van der Waals surface area contributed by atoms with Crippen LogP contribution in [0.25, 0.3) is 0 Å². The molecule has 3 heterocycles. The SMILES string of the molecule is CC(C)C(=O)N1CCc2ccc(OCc3ccc(C(=O)NCC4CCCO4)o3)cc2C1c1cccc(F)c1. The van der Waals surface area contributed by atoms with Crippen LogP contribution >= 0.6 is 0 Å². The van der Waals surface area contributed by atoms with Crippen LogP contribution < -0.4 is 10.1 Å². The Kier molecular flexibility index (Phi) is 7.79. The van der Waals surface area contributed by atoms with E-state index in [0.29, 0.717) is 31.0 Å². The Morgan fingerprint density at radius 2 is 2.03 bits per heavy atom. The van der Waals surface area contributed by atoms with E-state index in [1.54, 1.807) is 18.2 Å². The predicted octanol–water partition coefficient (Wildman–Crippen LogP) is 5.04. The molecule has 1 N–H and O–H groups in total. The van der Waals surface area contributed by atoms with Crippen LogP contribution in [0.5, 0.6) is 5.75 Å². The fourth-order valence-electron chi connectivity index (χ4n) is 5.12. The molecule has 2 atom stereocenters. The van der Waals surface area contributed by atoms with Gasteiger partial charge in [-0.25, -0.2) is 4.39 Å². The predicted molar refractivity (Wildman–Crippen MR) is 139 cm³/mol. The van der Waals surface area contributed by atoms with Crippen LogP contribution in [0.3, 0.4) is 0 Å². The van der Waals surface area contributed by atoms with Gasteiger partial charge in [0.25, 0.3) is 5.91 Å². The molecule has 38 heavy (non-hydrogen) atoms. The number of nitrogens with one attached hydrogen (secondary N) is 1. The molecule has 8 heteroatoms. The summed E-state index contributed by atoms with van der Waals surface area (Å²) in [6.45, 7) is 5.65. The number of ether oxygens (including phenoxy) is 2. The number of rotatable bonds is 8. The third-order valence-corrected chi connectivity index (χ3v) is 7.07. The van der Waals surface area contributed by atoms with E-state index in [-0.39, 0.29) is 42.0 Å². The van der Waals surface area contributed by atoms with E-state index in [1.165, 1.54) is 12.1 Å². The summed E-state index contributed by atoms with van der Waals surface area (Å²) in [6.07, 6.45) is 2.73. The first-order valence-electron chi connectivity index (χ1n) is 13.2. The molecule has 1 fully saturated rings. The highest BCUT2D eigenvalue weighted by atomic mass is 19.1. The summed E-state index contributed by atoms with van der Waals surface area (Å²) in [5.41, 5.74) is 2.74. The van der Waals surface area contributed by atoms with Gasteiger partial charge in [-0.05, 0) is 72.4 Å². The normalized spacial score (nSPS) is 18.9. The highest BCUT2D eigenvalue weighted by molar-refractivity contribution is 5.91. The molecule has 200 valence electrons. The van der Waals surface area contributed by atoms with Crippen LogP contribution in [0.15, 0.2) is 59.0 Å². The number of nitrogens with zero attached hydrogens (tertiary/aromatic N) is 1. The van der Waals surface area contributed by atoms with Crippen molar-refractivity contribution in [2.24, 2.45) is 5.92 Å². The quantitative estimate of drug-likeness (QED) is 0.450. The lowest BCUT2D eigenvalue weighted by Gasteiger charge is -2.39. The van der Waals surface area contributed by atoms with Gasteiger partial charge in [-0.2, -0.15) is 0 Å². The summed E-state index contributed by atoms with van der Waals surface area (Å²) in [5.74, 6) is 0.565. The fourth-order valence-corrected chi connectivity index (χ4v) is 5.12. The smallest absolute Gasteiger partial charge is 0.287 e. The average Bonchev–Trinajstić information content (AvgIpc) is 3.62. The molecule has 2 aliphatic rings. The van der Waals surface area contributed by atoms with Gasteiger partial charge in [0.2, 0.25) is 5.91 Å². The molecule has 0 radical (unpaired) electrons. The first-order valence-corrected chi connectivity index (χ1v) is 13.2. The molecule has 3 aromatic rings. The molecule has 2 aromatic carbocycles. The fraction of sp³-hybridized carbons (Fsp3) is 0.400. The molecule has 2 amide bonds. The van der Waals surface area contributed by atoms with Gasteiger partial charge in [0, 0.05) is 25.6 Å². The summed E-state index contributed by atoms with van der Waals surface area (Å²) >= 11 is 0. The lowest BCUT2D eigenvalue weighted by atomic mass is 9.87.